The molecule has 0 atom stereocenters. The molecule has 2 rings (SSSR count). The quantitative estimate of drug-likeness (QED) is 0.910. The van der Waals surface area contributed by atoms with Crippen LogP contribution in [-0.2, 0) is 0 Å². The Labute approximate surface area is 143 Å². The second-order valence-electron chi connectivity index (χ2n) is 5.87. The lowest BCUT2D eigenvalue weighted by atomic mass is 9.96. The Morgan fingerprint density at radius 1 is 1.45 bits per heavy atom. The fraction of sp³-hybridized carbons (Fsp3) is 0.667. The summed E-state index contributed by atoms with van der Waals surface area (Å²) < 4.78 is 0. The van der Waals surface area contributed by atoms with Gasteiger partial charge in [0.1, 0.15) is 5.82 Å². The number of nitrogens with zero attached hydrogens (tertiary/aromatic N) is 3. The van der Waals surface area contributed by atoms with Gasteiger partial charge in [-0.1, -0.05) is 25.4 Å². The van der Waals surface area contributed by atoms with Crippen LogP contribution in [0.2, 0.25) is 5.02 Å². The Morgan fingerprint density at radius 3 is 2.64 bits per heavy atom. The molecule has 0 aromatic carbocycles. The van der Waals surface area contributed by atoms with Crippen LogP contribution in [0.4, 0.5) is 0 Å². The predicted molar refractivity (Wildman–Crippen MR) is 90.9 cm³/mol. The van der Waals surface area contributed by atoms with Crippen LogP contribution in [-0.4, -0.2) is 47.5 Å². The normalized spacial score (nSPS) is 15.8. The zero-order valence-corrected chi connectivity index (χ0v) is 14.9. The second-order valence-corrected chi connectivity index (χ2v) is 6.28. The minimum absolute atomic E-state index is 0. The van der Waals surface area contributed by atoms with E-state index in [1.165, 1.54) is 6.20 Å². The lowest BCUT2D eigenvalue weighted by Crippen LogP contribution is -2.41. The average Bonchev–Trinajstić information content (AvgIpc) is 2.48. The van der Waals surface area contributed by atoms with Gasteiger partial charge in [-0.05, 0) is 32.4 Å². The minimum atomic E-state index is -0.0767. The summed E-state index contributed by atoms with van der Waals surface area (Å²) in [5.41, 5.74) is 0.336. The molecule has 2 heterocycles. The van der Waals surface area contributed by atoms with Gasteiger partial charge >= 0.3 is 0 Å². The van der Waals surface area contributed by atoms with E-state index in [1.807, 2.05) is 25.8 Å². The van der Waals surface area contributed by atoms with Crippen molar-refractivity contribution >= 4 is 29.9 Å². The van der Waals surface area contributed by atoms with Crippen LogP contribution in [0.15, 0.2) is 6.20 Å². The number of hydrogen-bond donors (Lipinski definition) is 1. The monoisotopic (exact) mass is 346 g/mol. The Balaban J connectivity index is 0.00000242. The van der Waals surface area contributed by atoms with Crippen LogP contribution in [0.25, 0.3) is 0 Å². The largest absolute Gasteiger partial charge is 0.337 e. The summed E-state index contributed by atoms with van der Waals surface area (Å²) in [5.74, 6) is 1.40. The van der Waals surface area contributed by atoms with E-state index in [9.17, 15) is 4.79 Å². The number of amides is 1. The van der Waals surface area contributed by atoms with Gasteiger partial charge in [-0.15, -0.1) is 12.4 Å². The minimum Gasteiger partial charge on any atom is -0.337 e. The first-order valence-corrected chi connectivity index (χ1v) is 7.87. The van der Waals surface area contributed by atoms with Gasteiger partial charge in [0.15, 0.2) is 5.69 Å². The zero-order valence-electron chi connectivity index (χ0n) is 13.3. The number of nitrogens with one attached hydrogen (secondary N) is 1. The molecule has 0 bridgehead atoms. The van der Waals surface area contributed by atoms with Gasteiger partial charge in [0.05, 0.1) is 11.2 Å². The summed E-state index contributed by atoms with van der Waals surface area (Å²) in [7, 11) is 1.96. The van der Waals surface area contributed by atoms with Crippen LogP contribution >= 0.6 is 24.0 Å². The molecule has 1 saturated heterocycles. The highest BCUT2D eigenvalue weighted by molar-refractivity contribution is 6.33. The zero-order chi connectivity index (χ0) is 15.4. The number of halogens is 2. The molecule has 0 spiro atoms. The molecule has 0 radical (unpaired) electrons. The smallest absolute Gasteiger partial charge is 0.274 e. The standard InChI is InChI=1S/C15H23ClN4O.ClH/c1-10(2)14-18-9-12(16)13(19-14)15(21)20-6-4-11(5-7-20)8-17-3;/h9-11,17H,4-8H2,1-3H3;1H. The maximum absolute atomic E-state index is 12.6. The van der Waals surface area contributed by atoms with Crippen molar-refractivity contribution in [2.45, 2.75) is 32.6 Å². The molecule has 1 aromatic heterocycles. The number of hydrogen-bond acceptors (Lipinski definition) is 4. The van der Waals surface area contributed by atoms with E-state index in [4.69, 9.17) is 11.6 Å². The Kier molecular flexibility index (Phi) is 7.53. The van der Waals surface area contributed by atoms with Crippen LogP contribution < -0.4 is 5.32 Å². The van der Waals surface area contributed by atoms with E-state index in [1.54, 1.807) is 0 Å². The van der Waals surface area contributed by atoms with Gasteiger partial charge in [0.2, 0.25) is 0 Å². The van der Waals surface area contributed by atoms with Crippen molar-refractivity contribution in [2.24, 2.45) is 5.92 Å². The van der Waals surface area contributed by atoms with Crippen LogP contribution in [0.5, 0.6) is 0 Å². The van der Waals surface area contributed by atoms with E-state index in [0.717, 1.165) is 32.5 Å². The predicted octanol–water partition coefficient (Wildman–Crippen LogP) is 2.75. The maximum atomic E-state index is 12.6. The maximum Gasteiger partial charge on any atom is 0.274 e. The van der Waals surface area contributed by atoms with E-state index in [2.05, 4.69) is 15.3 Å². The lowest BCUT2D eigenvalue weighted by molar-refractivity contribution is 0.0684. The third-order valence-electron chi connectivity index (χ3n) is 3.88. The van der Waals surface area contributed by atoms with Crippen molar-refractivity contribution in [2.75, 3.05) is 26.7 Å². The highest BCUT2D eigenvalue weighted by Crippen LogP contribution is 2.22. The third kappa shape index (κ3) is 4.54. The van der Waals surface area contributed by atoms with E-state index >= 15 is 0 Å². The lowest BCUT2D eigenvalue weighted by Gasteiger charge is -2.31. The summed E-state index contributed by atoms with van der Waals surface area (Å²) in [5, 5.41) is 3.53. The van der Waals surface area contributed by atoms with Crippen LogP contribution in [0, 0.1) is 5.92 Å². The molecule has 1 aliphatic heterocycles. The molecule has 1 aromatic rings. The second kappa shape index (κ2) is 8.65. The molecule has 0 aliphatic carbocycles. The highest BCUT2D eigenvalue weighted by Gasteiger charge is 2.26. The van der Waals surface area contributed by atoms with Gasteiger partial charge in [0.25, 0.3) is 5.91 Å². The van der Waals surface area contributed by atoms with E-state index in [-0.39, 0.29) is 24.2 Å². The highest BCUT2D eigenvalue weighted by atomic mass is 35.5. The number of carbonyl (C=O) groups is 1. The van der Waals surface area contributed by atoms with E-state index in [0.29, 0.717) is 22.5 Å². The molecule has 0 saturated carbocycles. The summed E-state index contributed by atoms with van der Waals surface area (Å²) in [6.45, 7) is 6.54. The van der Waals surface area contributed by atoms with Gasteiger partial charge < -0.3 is 10.2 Å². The number of aromatic nitrogens is 2. The Hall–Kier alpha value is -0.910. The van der Waals surface area contributed by atoms with Crippen molar-refractivity contribution in [1.29, 1.82) is 0 Å². The van der Waals surface area contributed by atoms with Gasteiger partial charge in [-0.25, -0.2) is 9.97 Å². The van der Waals surface area contributed by atoms with Crippen molar-refractivity contribution in [3.05, 3.63) is 22.7 Å². The first-order valence-electron chi connectivity index (χ1n) is 7.49. The summed E-state index contributed by atoms with van der Waals surface area (Å²) in [6, 6.07) is 0. The number of carbonyl (C=O) groups excluding carboxylic acids is 1. The molecule has 1 fully saturated rings. The van der Waals surface area contributed by atoms with Gasteiger partial charge in [-0.2, -0.15) is 0 Å². The number of rotatable bonds is 4. The first kappa shape index (κ1) is 19.1. The molecule has 1 aliphatic rings. The molecule has 1 amide bonds. The Morgan fingerprint density at radius 2 is 2.09 bits per heavy atom. The fourth-order valence-electron chi connectivity index (χ4n) is 2.59. The summed E-state index contributed by atoms with van der Waals surface area (Å²) in [6.07, 6.45) is 3.57. The van der Waals surface area contributed by atoms with Crippen LogP contribution in [0.1, 0.15) is 48.9 Å². The Bertz CT molecular complexity index is 502. The molecule has 0 unspecified atom stereocenters. The van der Waals surface area contributed by atoms with Crippen molar-refractivity contribution in [3.63, 3.8) is 0 Å². The number of piperidine rings is 1. The third-order valence-corrected chi connectivity index (χ3v) is 4.15. The molecule has 7 heteroatoms. The fourth-order valence-corrected chi connectivity index (χ4v) is 2.76. The SMILES string of the molecule is CNCC1CCN(C(=O)c2nc(C(C)C)ncc2Cl)CC1.Cl. The van der Waals surface area contributed by atoms with Gasteiger partial charge in [0, 0.05) is 19.0 Å². The van der Waals surface area contributed by atoms with Crippen molar-refractivity contribution in [3.8, 4) is 0 Å². The molecular weight excluding hydrogens is 323 g/mol. The summed E-state index contributed by atoms with van der Waals surface area (Å²) in [4.78, 5) is 23.0. The molecule has 22 heavy (non-hydrogen) atoms. The molecule has 1 N–H and O–H groups in total. The number of likely N-dealkylation sites (tertiary alicyclic amines) is 1. The van der Waals surface area contributed by atoms with E-state index < -0.39 is 0 Å². The summed E-state index contributed by atoms with van der Waals surface area (Å²) >= 11 is 6.11. The average molecular weight is 347 g/mol. The molecule has 5 nitrogen and oxygen atoms in total. The van der Waals surface area contributed by atoms with Crippen LogP contribution in [0.3, 0.4) is 0 Å². The van der Waals surface area contributed by atoms with Crippen molar-refractivity contribution < 1.29 is 4.79 Å². The topological polar surface area (TPSA) is 58.1 Å². The first-order chi connectivity index (χ1) is 10.0. The van der Waals surface area contributed by atoms with Crippen molar-refractivity contribution in [1.82, 2.24) is 20.2 Å². The molecule has 124 valence electrons. The molecular formula is C15H24Cl2N4O. The van der Waals surface area contributed by atoms with Gasteiger partial charge in [-0.3, -0.25) is 4.79 Å².